The fraction of sp³-hybridized carbons (Fsp3) is 0.706. The van der Waals surface area contributed by atoms with E-state index in [1.54, 1.807) is 4.90 Å². The molecule has 1 amide bonds. The molecule has 1 aromatic rings. The van der Waals surface area contributed by atoms with Crippen LogP contribution in [0.4, 0.5) is 8.78 Å². The van der Waals surface area contributed by atoms with Crippen LogP contribution in [0, 0.1) is 5.92 Å². The van der Waals surface area contributed by atoms with Gasteiger partial charge in [-0.25, -0.2) is 13.8 Å². The molecule has 0 N–H and O–H groups in total. The second-order valence-corrected chi connectivity index (χ2v) is 7.00. The second kappa shape index (κ2) is 7.59. The number of hydrogen-bond donors (Lipinski definition) is 0. The number of amides is 1. The molecule has 25 heavy (non-hydrogen) atoms. The molecule has 0 aliphatic carbocycles. The minimum atomic E-state index is -2.73. The molecule has 2 aliphatic heterocycles. The summed E-state index contributed by atoms with van der Waals surface area (Å²) < 4.78 is 26.5. The van der Waals surface area contributed by atoms with Crippen LogP contribution in [0.25, 0.3) is 0 Å². The lowest BCUT2D eigenvalue weighted by Crippen LogP contribution is -2.53. The largest absolute Gasteiger partial charge is 0.344 e. The SMILES string of the molecule is CN1CCCC(N2CCC(Cn3cnc(C(F)F)cc3=O)CC2)C1=O. The van der Waals surface area contributed by atoms with E-state index in [9.17, 15) is 18.4 Å². The number of likely N-dealkylation sites (tertiary alicyclic amines) is 2. The number of alkyl halides is 2. The zero-order chi connectivity index (χ0) is 18.0. The minimum Gasteiger partial charge on any atom is -0.344 e. The molecule has 2 aliphatic rings. The first-order chi connectivity index (χ1) is 12.0. The molecule has 0 saturated carbocycles. The molecular weight excluding hydrogens is 330 g/mol. The summed E-state index contributed by atoms with van der Waals surface area (Å²) in [5.74, 6) is 0.497. The Morgan fingerprint density at radius 3 is 2.56 bits per heavy atom. The maximum absolute atomic E-state index is 12.6. The van der Waals surface area contributed by atoms with Crippen LogP contribution < -0.4 is 5.56 Å². The molecule has 1 unspecified atom stereocenters. The number of piperidine rings is 2. The predicted octanol–water partition coefficient (Wildman–Crippen LogP) is 1.51. The summed E-state index contributed by atoms with van der Waals surface area (Å²) in [6, 6.07) is 0.894. The van der Waals surface area contributed by atoms with Crippen LogP contribution >= 0.6 is 0 Å². The number of carbonyl (C=O) groups excluding carboxylic acids is 1. The molecule has 8 heteroatoms. The average Bonchev–Trinajstić information content (AvgIpc) is 2.60. The van der Waals surface area contributed by atoms with Crippen molar-refractivity contribution in [2.75, 3.05) is 26.7 Å². The topological polar surface area (TPSA) is 58.4 Å². The third kappa shape index (κ3) is 4.05. The van der Waals surface area contributed by atoms with Gasteiger partial charge in [-0.3, -0.25) is 19.1 Å². The summed E-state index contributed by atoms with van der Waals surface area (Å²) in [6.07, 6.45) is 2.20. The highest BCUT2D eigenvalue weighted by Gasteiger charge is 2.33. The van der Waals surface area contributed by atoms with Gasteiger partial charge in [0.15, 0.2) is 0 Å². The molecule has 0 spiro atoms. The maximum atomic E-state index is 12.6. The third-order valence-electron chi connectivity index (χ3n) is 5.30. The van der Waals surface area contributed by atoms with Crippen molar-refractivity contribution in [3.05, 3.63) is 28.4 Å². The highest BCUT2D eigenvalue weighted by molar-refractivity contribution is 5.82. The Hall–Kier alpha value is -1.83. The van der Waals surface area contributed by atoms with Crippen LogP contribution in [0.1, 0.15) is 37.8 Å². The van der Waals surface area contributed by atoms with Gasteiger partial charge in [-0.2, -0.15) is 0 Å². The standard InChI is InChI=1S/C17H24F2N4O2/c1-21-6-2-3-14(17(21)25)22-7-4-12(5-8-22)10-23-11-20-13(16(18)19)9-15(23)24/h9,11-12,14,16H,2-8,10H2,1H3. The summed E-state index contributed by atoms with van der Waals surface area (Å²) >= 11 is 0. The molecule has 138 valence electrons. The Morgan fingerprint density at radius 2 is 1.92 bits per heavy atom. The minimum absolute atomic E-state index is 0.0191. The Labute approximate surface area is 145 Å². The van der Waals surface area contributed by atoms with Crippen molar-refractivity contribution >= 4 is 5.91 Å². The van der Waals surface area contributed by atoms with Crippen LogP contribution in [0.5, 0.6) is 0 Å². The first-order valence-corrected chi connectivity index (χ1v) is 8.79. The summed E-state index contributed by atoms with van der Waals surface area (Å²) in [5.41, 5.74) is -0.909. The first kappa shape index (κ1) is 18.0. The van der Waals surface area contributed by atoms with Crippen molar-refractivity contribution in [3.8, 4) is 0 Å². The number of aromatic nitrogens is 2. The Kier molecular flexibility index (Phi) is 5.46. The van der Waals surface area contributed by atoms with Gasteiger partial charge >= 0.3 is 0 Å². The van der Waals surface area contributed by atoms with E-state index >= 15 is 0 Å². The van der Waals surface area contributed by atoms with Crippen LogP contribution in [-0.4, -0.2) is 58.0 Å². The number of nitrogens with zero attached hydrogens (tertiary/aromatic N) is 4. The molecule has 2 fully saturated rings. The number of likely N-dealkylation sites (N-methyl/N-ethyl adjacent to an activating group) is 1. The van der Waals surface area contributed by atoms with Crippen LogP contribution in [0.2, 0.25) is 0 Å². The van der Waals surface area contributed by atoms with Gasteiger partial charge < -0.3 is 4.90 Å². The van der Waals surface area contributed by atoms with Gasteiger partial charge in [0.1, 0.15) is 5.69 Å². The smallest absolute Gasteiger partial charge is 0.280 e. The number of hydrogen-bond acceptors (Lipinski definition) is 4. The average molecular weight is 354 g/mol. The highest BCUT2D eigenvalue weighted by atomic mass is 19.3. The lowest BCUT2D eigenvalue weighted by atomic mass is 9.93. The Balaban J connectivity index is 1.56. The van der Waals surface area contributed by atoms with Crippen molar-refractivity contribution in [2.24, 2.45) is 5.92 Å². The van der Waals surface area contributed by atoms with E-state index in [4.69, 9.17) is 0 Å². The molecule has 1 atom stereocenters. The lowest BCUT2D eigenvalue weighted by Gasteiger charge is -2.40. The van der Waals surface area contributed by atoms with Gasteiger partial charge in [0.05, 0.1) is 12.4 Å². The highest BCUT2D eigenvalue weighted by Crippen LogP contribution is 2.24. The van der Waals surface area contributed by atoms with E-state index in [1.165, 1.54) is 10.9 Å². The number of carbonyl (C=O) groups is 1. The van der Waals surface area contributed by atoms with Crippen molar-refractivity contribution in [1.82, 2.24) is 19.4 Å². The number of rotatable bonds is 4. The van der Waals surface area contributed by atoms with Gasteiger partial charge in [-0.1, -0.05) is 0 Å². The summed E-state index contributed by atoms with van der Waals surface area (Å²) in [4.78, 5) is 31.9. The van der Waals surface area contributed by atoms with E-state index < -0.39 is 17.7 Å². The molecule has 0 radical (unpaired) electrons. The molecular formula is C17H24F2N4O2. The third-order valence-corrected chi connectivity index (χ3v) is 5.30. The summed E-state index contributed by atoms with van der Waals surface area (Å²) in [7, 11) is 1.85. The molecule has 6 nitrogen and oxygen atoms in total. The van der Waals surface area contributed by atoms with Crippen LogP contribution in [0.15, 0.2) is 17.2 Å². The van der Waals surface area contributed by atoms with Gasteiger partial charge in [-0.05, 0) is 44.7 Å². The summed E-state index contributed by atoms with van der Waals surface area (Å²) in [5, 5.41) is 0. The first-order valence-electron chi connectivity index (χ1n) is 8.79. The maximum Gasteiger partial charge on any atom is 0.280 e. The van der Waals surface area contributed by atoms with Crippen LogP contribution in [-0.2, 0) is 11.3 Å². The van der Waals surface area contributed by atoms with Crippen molar-refractivity contribution < 1.29 is 13.6 Å². The zero-order valence-corrected chi connectivity index (χ0v) is 14.4. The van der Waals surface area contributed by atoms with Crippen molar-refractivity contribution in [3.63, 3.8) is 0 Å². The van der Waals surface area contributed by atoms with E-state index in [-0.39, 0.29) is 11.9 Å². The van der Waals surface area contributed by atoms with Gasteiger partial charge in [0.2, 0.25) is 5.91 Å². The Bertz CT molecular complexity index is 671. The Morgan fingerprint density at radius 1 is 1.20 bits per heavy atom. The van der Waals surface area contributed by atoms with Gasteiger partial charge in [-0.15, -0.1) is 0 Å². The monoisotopic (exact) mass is 354 g/mol. The zero-order valence-electron chi connectivity index (χ0n) is 14.4. The second-order valence-electron chi connectivity index (χ2n) is 7.00. The van der Waals surface area contributed by atoms with E-state index in [0.29, 0.717) is 12.5 Å². The molecule has 2 saturated heterocycles. The molecule has 1 aromatic heterocycles. The number of halogens is 2. The normalized spacial score (nSPS) is 23.4. The van der Waals surface area contributed by atoms with Gasteiger partial charge in [0, 0.05) is 26.2 Å². The fourth-order valence-electron chi connectivity index (χ4n) is 3.77. The fourth-order valence-corrected chi connectivity index (χ4v) is 3.77. The molecule has 0 aromatic carbocycles. The quantitative estimate of drug-likeness (QED) is 0.823. The lowest BCUT2D eigenvalue weighted by molar-refractivity contribution is -0.139. The molecule has 3 rings (SSSR count). The van der Waals surface area contributed by atoms with Crippen molar-refractivity contribution in [1.29, 1.82) is 0 Å². The van der Waals surface area contributed by atoms with E-state index in [0.717, 1.165) is 51.4 Å². The summed E-state index contributed by atoms with van der Waals surface area (Å²) in [6.45, 7) is 2.97. The van der Waals surface area contributed by atoms with Gasteiger partial charge in [0.25, 0.3) is 12.0 Å². The van der Waals surface area contributed by atoms with Crippen molar-refractivity contribution in [2.45, 2.75) is 44.7 Å². The van der Waals surface area contributed by atoms with E-state index in [2.05, 4.69) is 9.88 Å². The predicted molar refractivity (Wildman–Crippen MR) is 88.4 cm³/mol. The van der Waals surface area contributed by atoms with Crippen LogP contribution in [0.3, 0.4) is 0 Å². The van der Waals surface area contributed by atoms with E-state index in [1.807, 2.05) is 7.05 Å². The molecule has 3 heterocycles. The molecule has 0 bridgehead atoms.